The summed E-state index contributed by atoms with van der Waals surface area (Å²) in [5, 5.41) is 10.5. The number of aromatic hydroxyl groups is 1. The van der Waals surface area contributed by atoms with Gasteiger partial charge in [0.25, 0.3) is 0 Å². The largest absolute Gasteiger partial charge is 0.504 e. The third-order valence-corrected chi connectivity index (χ3v) is 7.34. The predicted molar refractivity (Wildman–Crippen MR) is 117 cm³/mol. The first kappa shape index (κ1) is 20.4. The van der Waals surface area contributed by atoms with Gasteiger partial charge in [-0.25, -0.2) is 0 Å². The van der Waals surface area contributed by atoms with Crippen LogP contribution in [0.1, 0.15) is 42.0 Å². The Bertz CT molecular complexity index is 926. The Morgan fingerprint density at radius 3 is 2.24 bits per heavy atom. The molecule has 29 heavy (non-hydrogen) atoms. The van der Waals surface area contributed by atoms with Crippen molar-refractivity contribution in [3.63, 3.8) is 0 Å². The summed E-state index contributed by atoms with van der Waals surface area (Å²) in [5.41, 5.74) is 3.63. The SMILES string of the molecule is COc1cc2c(cc1O)C(C1(c3cc(OC)c(OC)cc3Br)CCC1)N(C)CC2. The highest BCUT2D eigenvalue weighted by atomic mass is 79.9. The van der Waals surface area contributed by atoms with Gasteiger partial charge < -0.3 is 19.3 Å². The van der Waals surface area contributed by atoms with E-state index in [2.05, 4.69) is 33.9 Å². The van der Waals surface area contributed by atoms with Gasteiger partial charge >= 0.3 is 0 Å². The van der Waals surface area contributed by atoms with E-state index < -0.39 is 0 Å². The van der Waals surface area contributed by atoms with E-state index in [1.165, 1.54) is 23.1 Å². The standard InChI is InChI=1S/C23H28BrNO4/c1-25-9-6-14-10-19(27-2)18(26)11-15(14)22(25)23(7-5-8-23)16-12-20(28-3)21(29-4)13-17(16)24/h10-13,22,26H,5-9H2,1-4H3. The number of likely N-dealkylation sites (N-methyl/N-ethyl adjacent to an activating group) is 1. The number of rotatable bonds is 5. The van der Waals surface area contributed by atoms with Crippen molar-refractivity contribution < 1.29 is 19.3 Å². The number of halogens is 1. The van der Waals surface area contributed by atoms with E-state index in [1.54, 1.807) is 21.3 Å². The molecule has 0 aromatic heterocycles. The van der Waals surface area contributed by atoms with E-state index in [1.807, 2.05) is 18.2 Å². The Kier molecular flexibility index (Phi) is 5.42. The van der Waals surface area contributed by atoms with Gasteiger partial charge in [-0.3, -0.25) is 4.90 Å². The van der Waals surface area contributed by atoms with Gasteiger partial charge in [0.2, 0.25) is 0 Å². The third-order valence-electron chi connectivity index (χ3n) is 6.69. The van der Waals surface area contributed by atoms with Crippen LogP contribution in [0.25, 0.3) is 0 Å². The van der Waals surface area contributed by atoms with Crippen molar-refractivity contribution in [3.05, 3.63) is 45.4 Å². The molecule has 6 heteroatoms. The monoisotopic (exact) mass is 461 g/mol. The van der Waals surface area contributed by atoms with E-state index in [0.717, 1.165) is 41.8 Å². The summed E-state index contributed by atoms with van der Waals surface area (Å²) in [5.74, 6) is 2.21. The first-order chi connectivity index (χ1) is 13.9. The smallest absolute Gasteiger partial charge is 0.161 e. The molecule has 1 atom stereocenters. The minimum Gasteiger partial charge on any atom is -0.504 e. The number of ether oxygens (including phenoxy) is 3. The molecule has 0 saturated heterocycles. The molecular weight excluding hydrogens is 434 g/mol. The van der Waals surface area contributed by atoms with E-state index in [4.69, 9.17) is 14.2 Å². The number of phenols is 1. The van der Waals surface area contributed by atoms with E-state index in [0.29, 0.717) is 5.75 Å². The summed E-state index contributed by atoms with van der Waals surface area (Å²) >= 11 is 3.80. The number of phenolic OH excluding ortho intramolecular Hbond substituents is 1. The first-order valence-electron chi connectivity index (χ1n) is 9.97. The van der Waals surface area contributed by atoms with Crippen molar-refractivity contribution >= 4 is 15.9 Å². The van der Waals surface area contributed by atoms with Crippen molar-refractivity contribution in [1.82, 2.24) is 4.90 Å². The summed E-state index contributed by atoms with van der Waals surface area (Å²) in [6, 6.07) is 8.20. The first-order valence-corrected chi connectivity index (χ1v) is 10.8. The maximum atomic E-state index is 10.5. The van der Waals surface area contributed by atoms with Crippen molar-refractivity contribution in [2.75, 3.05) is 34.9 Å². The average molecular weight is 462 g/mol. The second-order valence-electron chi connectivity index (χ2n) is 8.05. The summed E-state index contributed by atoms with van der Waals surface area (Å²) in [6.45, 7) is 0.970. The fraction of sp³-hybridized carbons (Fsp3) is 0.478. The van der Waals surface area contributed by atoms with E-state index in [9.17, 15) is 5.11 Å². The Hall–Kier alpha value is -1.92. The van der Waals surface area contributed by atoms with Gasteiger partial charge in [0.05, 0.1) is 21.3 Å². The van der Waals surface area contributed by atoms with Gasteiger partial charge in [0.1, 0.15) is 0 Å². The highest BCUT2D eigenvalue weighted by Gasteiger charge is 2.50. The molecule has 156 valence electrons. The summed E-state index contributed by atoms with van der Waals surface area (Å²) in [4.78, 5) is 2.43. The van der Waals surface area contributed by atoms with Crippen LogP contribution in [0.5, 0.6) is 23.0 Å². The van der Waals surface area contributed by atoms with Crippen molar-refractivity contribution in [3.8, 4) is 23.0 Å². The second kappa shape index (κ2) is 7.73. The van der Waals surface area contributed by atoms with Crippen molar-refractivity contribution in [1.29, 1.82) is 0 Å². The van der Waals surface area contributed by atoms with Gasteiger partial charge in [-0.1, -0.05) is 22.4 Å². The topological polar surface area (TPSA) is 51.2 Å². The summed E-state index contributed by atoms with van der Waals surface area (Å²) in [7, 11) is 7.12. The predicted octanol–water partition coefficient (Wildman–Crippen LogP) is 4.83. The maximum absolute atomic E-state index is 10.5. The van der Waals surface area contributed by atoms with Crippen molar-refractivity contribution in [2.24, 2.45) is 0 Å². The molecule has 4 rings (SSSR count). The molecule has 1 aliphatic heterocycles. The van der Waals surface area contributed by atoms with Crippen LogP contribution in [-0.4, -0.2) is 44.9 Å². The van der Waals surface area contributed by atoms with Crippen LogP contribution in [0.3, 0.4) is 0 Å². The highest BCUT2D eigenvalue weighted by molar-refractivity contribution is 9.10. The van der Waals surface area contributed by atoms with Crippen LogP contribution in [0, 0.1) is 0 Å². The molecular formula is C23H28BrNO4. The molecule has 0 spiro atoms. The lowest BCUT2D eigenvalue weighted by Gasteiger charge is -2.54. The average Bonchev–Trinajstić information content (AvgIpc) is 2.69. The molecule has 1 aliphatic carbocycles. The minimum atomic E-state index is -0.0522. The maximum Gasteiger partial charge on any atom is 0.161 e. The zero-order valence-corrected chi connectivity index (χ0v) is 19.0. The van der Waals surface area contributed by atoms with Crippen molar-refractivity contribution in [2.45, 2.75) is 37.1 Å². The Labute approximate surface area is 180 Å². The lowest BCUT2D eigenvalue weighted by molar-refractivity contribution is 0.0707. The van der Waals surface area contributed by atoms with Crippen LogP contribution >= 0.6 is 15.9 Å². The van der Waals surface area contributed by atoms with E-state index >= 15 is 0 Å². The zero-order chi connectivity index (χ0) is 20.8. The molecule has 0 radical (unpaired) electrons. The fourth-order valence-electron chi connectivity index (χ4n) is 5.13. The van der Waals surface area contributed by atoms with Crippen LogP contribution < -0.4 is 14.2 Å². The lowest BCUT2D eigenvalue weighted by atomic mass is 9.57. The number of hydrogen-bond acceptors (Lipinski definition) is 5. The van der Waals surface area contributed by atoms with Crippen LogP contribution in [0.2, 0.25) is 0 Å². The van der Waals surface area contributed by atoms with Gasteiger partial charge in [-0.05, 0) is 67.3 Å². The molecule has 2 aromatic rings. The van der Waals surface area contributed by atoms with Crippen LogP contribution in [0.15, 0.2) is 28.7 Å². The minimum absolute atomic E-state index is 0.0522. The van der Waals surface area contributed by atoms with Gasteiger partial charge in [0, 0.05) is 22.5 Å². The number of fused-ring (bicyclic) bond motifs is 1. The second-order valence-corrected chi connectivity index (χ2v) is 8.91. The number of benzene rings is 2. The molecule has 1 saturated carbocycles. The molecule has 0 amide bonds. The normalized spacial score (nSPS) is 20.5. The molecule has 1 N–H and O–H groups in total. The third kappa shape index (κ3) is 3.17. The van der Waals surface area contributed by atoms with Gasteiger partial charge in [-0.15, -0.1) is 0 Å². The van der Waals surface area contributed by atoms with Gasteiger partial charge in [0.15, 0.2) is 23.0 Å². The molecule has 2 aliphatic rings. The van der Waals surface area contributed by atoms with E-state index in [-0.39, 0.29) is 17.2 Å². The van der Waals surface area contributed by atoms with Crippen LogP contribution in [-0.2, 0) is 11.8 Å². The highest BCUT2D eigenvalue weighted by Crippen LogP contribution is 2.58. The quantitative estimate of drug-likeness (QED) is 0.690. The molecule has 2 aromatic carbocycles. The summed E-state index contributed by atoms with van der Waals surface area (Å²) < 4.78 is 17.5. The van der Waals surface area contributed by atoms with Gasteiger partial charge in [-0.2, -0.15) is 0 Å². The zero-order valence-electron chi connectivity index (χ0n) is 17.4. The number of hydrogen-bond donors (Lipinski definition) is 1. The lowest BCUT2D eigenvalue weighted by Crippen LogP contribution is -2.50. The molecule has 0 bridgehead atoms. The molecule has 1 unspecified atom stereocenters. The molecule has 5 nitrogen and oxygen atoms in total. The fourth-order valence-corrected chi connectivity index (χ4v) is 5.84. The molecule has 1 heterocycles. The Balaban J connectivity index is 1.88. The molecule has 1 fully saturated rings. The summed E-state index contributed by atoms with van der Waals surface area (Å²) in [6.07, 6.45) is 4.30. The number of methoxy groups -OCH3 is 3. The van der Waals surface area contributed by atoms with Crippen LogP contribution in [0.4, 0.5) is 0 Å². The Morgan fingerprint density at radius 1 is 1.00 bits per heavy atom. The number of nitrogens with zero attached hydrogens (tertiary/aromatic N) is 1. The Morgan fingerprint density at radius 2 is 1.66 bits per heavy atom.